The summed E-state index contributed by atoms with van der Waals surface area (Å²) >= 11 is 0. The molecule has 0 aliphatic rings. The Balaban J connectivity index is 2.30. The second kappa shape index (κ2) is 6.92. The maximum absolute atomic E-state index is 12.3. The molecule has 1 N–H and O–H groups in total. The summed E-state index contributed by atoms with van der Waals surface area (Å²) in [4.78, 5) is 20.4. The van der Waals surface area contributed by atoms with Gasteiger partial charge in [-0.15, -0.1) is 0 Å². The fourth-order valence-electron chi connectivity index (χ4n) is 1.96. The summed E-state index contributed by atoms with van der Waals surface area (Å²) in [6, 6.07) is 3.45. The highest BCUT2D eigenvalue weighted by Gasteiger charge is 2.19. The number of hydrazine groups is 1. The van der Waals surface area contributed by atoms with Crippen molar-refractivity contribution in [3.8, 4) is 6.07 Å². The second-order valence-electron chi connectivity index (χ2n) is 5.58. The number of anilines is 1. The molecule has 0 fully saturated rings. The minimum absolute atomic E-state index is 0.0471. The second-order valence-corrected chi connectivity index (χ2v) is 5.58. The molecule has 0 unspecified atom stereocenters. The van der Waals surface area contributed by atoms with Gasteiger partial charge in [0.25, 0.3) is 5.91 Å². The van der Waals surface area contributed by atoms with Crippen molar-refractivity contribution in [2.75, 3.05) is 11.6 Å². The molecule has 0 spiro atoms. The molecule has 1 amide bonds. The molecule has 0 saturated carbocycles. The average Bonchev–Trinajstić information content (AvgIpc) is 2.93. The van der Waals surface area contributed by atoms with Crippen molar-refractivity contribution < 1.29 is 9.32 Å². The van der Waals surface area contributed by atoms with Crippen molar-refractivity contribution >= 4 is 25.0 Å². The molecule has 2 aromatic rings. The first kappa shape index (κ1) is 16.5. The normalized spacial score (nSPS) is 10.4. The topological polar surface area (TPSA) is 108 Å². The Morgan fingerprint density at radius 3 is 2.87 bits per heavy atom. The van der Waals surface area contributed by atoms with Crippen molar-refractivity contribution in [2.45, 2.75) is 20.8 Å². The Bertz CT molecular complexity index is 752. The molecule has 0 bridgehead atoms. The predicted octanol–water partition coefficient (Wildman–Crippen LogP) is -0.290. The van der Waals surface area contributed by atoms with Crippen LogP contribution in [0.25, 0.3) is 0 Å². The number of rotatable bonds is 5. The predicted molar refractivity (Wildman–Crippen MR) is 85.8 cm³/mol. The van der Waals surface area contributed by atoms with Crippen LogP contribution in [-0.4, -0.2) is 35.4 Å². The summed E-state index contributed by atoms with van der Waals surface area (Å²) < 4.78 is 4.92. The lowest BCUT2D eigenvalue weighted by molar-refractivity contribution is 0.0938. The van der Waals surface area contributed by atoms with Gasteiger partial charge in [-0.1, -0.05) is 19.0 Å². The Morgan fingerprint density at radius 1 is 1.57 bits per heavy atom. The van der Waals surface area contributed by atoms with E-state index in [2.05, 4.69) is 20.6 Å². The van der Waals surface area contributed by atoms with Gasteiger partial charge in [-0.3, -0.25) is 15.2 Å². The number of aromatic nitrogens is 3. The van der Waals surface area contributed by atoms with Crippen LogP contribution in [-0.2, 0) is 0 Å². The summed E-state index contributed by atoms with van der Waals surface area (Å²) in [5, 5.41) is 14.3. The Kier molecular flexibility index (Phi) is 4.96. The highest BCUT2D eigenvalue weighted by atomic mass is 16.5. The zero-order valence-corrected chi connectivity index (χ0v) is 13.5. The van der Waals surface area contributed by atoms with Crippen LogP contribution in [0.3, 0.4) is 0 Å². The van der Waals surface area contributed by atoms with E-state index in [-0.39, 0.29) is 17.4 Å². The summed E-state index contributed by atoms with van der Waals surface area (Å²) in [5.74, 6) is 0.938. The van der Waals surface area contributed by atoms with Crippen LogP contribution >= 0.6 is 0 Å². The van der Waals surface area contributed by atoms with E-state index < -0.39 is 5.91 Å². The van der Waals surface area contributed by atoms with Crippen LogP contribution in [0, 0.1) is 24.2 Å². The van der Waals surface area contributed by atoms with Crippen LogP contribution in [0.1, 0.15) is 35.9 Å². The van der Waals surface area contributed by atoms with E-state index in [1.807, 2.05) is 27.8 Å². The molecule has 8 nitrogen and oxygen atoms in total. The van der Waals surface area contributed by atoms with Gasteiger partial charge < -0.3 is 4.52 Å². The molecule has 0 atom stereocenters. The van der Waals surface area contributed by atoms with Gasteiger partial charge in [0.2, 0.25) is 5.82 Å². The monoisotopic (exact) mass is 312 g/mol. The summed E-state index contributed by atoms with van der Waals surface area (Å²) in [6.07, 6.45) is 1.56. The molecule has 0 radical (unpaired) electrons. The van der Waals surface area contributed by atoms with E-state index in [0.717, 1.165) is 5.46 Å². The van der Waals surface area contributed by atoms with E-state index in [0.29, 0.717) is 18.1 Å². The number of aryl methyl sites for hydroxylation is 1. The third-order valence-electron chi connectivity index (χ3n) is 2.95. The lowest BCUT2D eigenvalue weighted by atomic mass is 9.98. The molecule has 0 saturated heterocycles. The van der Waals surface area contributed by atoms with Gasteiger partial charge in [0.15, 0.2) is 5.69 Å². The SMILES string of the molecule is Bc1cnc(C#N)nc1N(CC(C)C)NC(=O)c1cc(C)on1. The lowest BCUT2D eigenvalue weighted by Gasteiger charge is -2.26. The van der Waals surface area contributed by atoms with Crippen molar-refractivity contribution in [3.63, 3.8) is 0 Å². The van der Waals surface area contributed by atoms with Crippen molar-refractivity contribution in [3.05, 3.63) is 29.5 Å². The molecule has 2 rings (SSSR count). The maximum Gasteiger partial charge on any atom is 0.292 e. The number of nitrogens with one attached hydrogen (secondary N) is 1. The van der Waals surface area contributed by atoms with Crippen LogP contribution in [0.2, 0.25) is 0 Å². The average molecular weight is 312 g/mol. The van der Waals surface area contributed by atoms with Crippen LogP contribution in [0.5, 0.6) is 0 Å². The third kappa shape index (κ3) is 4.06. The number of hydrogen-bond donors (Lipinski definition) is 1. The Morgan fingerprint density at radius 2 is 2.30 bits per heavy atom. The van der Waals surface area contributed by atoms with E-state index >= 15 is 0 Å². The molecule has 9 heteroatoms. The number of amides is 1. The van der Waals surface area contributed by atoms with Gasteiger partial charge in [0.1, 0.15) is 25.5 Å². The van der Waals surface area contributed by atoms with Crippen LogP contribution in [0.15, 0.2) is 16.8 Å². The van der Waals surface area contributed by atoms with E-state index in [1.54, 1.807) is 24.2 Å². The molecular formula is C14H17BN6O2. The van der Waals surface area contributed by atoms with Crippen molar-refractivity contribution in [2.24, 2.45) is 5.92 Å². The zero-order valence-electron chi connectivity index (χ0n) is 13.5. The number of nitriles is 1. The quantitative estimate of drug-likeness (QED) is 0.597. The molecule has 2 heterocycles. The van der Waals surface area contributed by atoms with Gasteiger partial charge in [-0.2, -0.15) is 5.26 Å². The fraction of sp³-hybridized carbons (Fsp3) is 0.357. The minimum atomic E-state index is -0.404. The molecular weight excluding hydrogens is 295 g/mol. The number of hydrogen-bond acceptors (Lipinski definition) is 7. The van der Waals surface area contributed by atoms with Crippen molar-refractivity contribution in [1.82, 2.24) is 20.6 Å². The molecule has 0 aromatic carbocycles. The first-order valence-corrected chi connectivity index (χ1v) is 7.16. The minimum Gasteiger partial charge on any atom is -0.361 e. The summed E-state index contributed by atoms with van der Waals surface area (Å²) in [5.41, 5.74) is 3.69. The first-order valence-electron chi connectivity index (χ1n) is 7.16. The van der Waals surface area contributed by atoms with E-state index in [9.17, 15) is 4.79 Å². The molecule has 118 valence electrons. The molecule has 2 aromatic heterocycles. The van der Waals surface area contributed by atoms with Gasteiger partial charge in [0, 0.05) is 18.8 Å². The Labute approximate surface area is 134 Å². The first-order chi connectivity index (χ1) is 10.9. The van der Waals surface area contributed by atoms with Gasteiger partial charge in [0.05, 0.1) is 0 Å². The van der Waals surface area contributed by atoms with Crippen LogP contribution < -0.4 is 15.9 Å². The number of carbonyl (C=O) groups is 1. The summed E-state index contributed by atoms with van der Waals surface area (Å²) in [6.45, 7) is 6.26. The molecule has 23 heavy (non-hydrogen) atoms. The van der Waals surface area contributed by atoms with Crippen molar-refractivity contribution in [1.29, 1.82) is 5.26 Å². The Hall–Kier alpha value is -2.89. The molecule has 0 aliphatic heterocycles. The summed E-state index contributed by atoms with van der Waals surface area (Å²) in [7, 11) is 1.82. The van der Waals surface area contributed by atoms with Crippen LogP contribution in [0.4, 0.5) is 5.82 Å². The van der Waals surface area contributed by atoms with E-state index in [1.165, 1.54) is 0 Å². The highest BCUT2D eigenvalue weighted by molar-refractivity contribution is 6.35. The van der Waals surface area contributed by atoms with Gasteiger partial charge in [-0.25, -0.2) is 9.97 Å². The fourth-order valence-corrected chi connectivity index (χ4v) is 1.96. The highest BCUT2D eigenvalue weighted by Crippen LogP contribution is 2.09. The maximum atomic E-state index is 12.3. The zero-order chi connectivity index (χ0) is 17.0. The lowest BCUT2D eigenvalue weighted by Crippen LogP contribution is -2.47. The third-order valence-corrected chi connectivity index (χ3v) is 2.95. The standard InChI is InChI=1S/C14H17BN6O2/c1-8(2)7-21(13-10(15)6-17-12(5-16)18-13)19-14(22)11-4-9(3)23-20-11/h4,6,8H,7,15H2,1-3H3,(H,19,22). The number of nitrogens with zero attached hydrogens (tertiary/aromatic N) is 5. The molecule has 0 aliphatic carbocycles. The largest absolute Gasteiger partial charge is 0.361 e. The van der Waals surface area contributed by atoms with Gasteiger partial charge >= 0.3 is 0 Å². The smallest absolute Gasteiger partial charge is 0.292 e. The van der Waals surface area contributed by atoms with Gasteiger partial charge in [-0.05, 0) is 18.3 Å². The van der Waals surface area contributed by atoms with E-state index in [4.69, 9.17) is 9.78 Å². The number of carbonyl (C=O) groups excluding carboxylic acids is 1.